The molecule has 1 heterocycles. The van der Waals surface area contributed by atoms with Crippen LogP contribution in [0.25, 0.3) is 21.9 Å². The highest BCUT2D eigenvalue weighted by atomic mass is 16.5. The monoisotopic (exact) mass is 441 g/mol. The molecule has 3 aromatic carbocycles. The van der Waals surface area contributed by atoms with Gasteiger partial charge in [-0.3, -0.25) is 4.90 Å². The number of piperidine rings is 1. The normalized spacial score (nSPS) is 14.3. The largest absolute Gasteiger partial charge is 0.423 e. The Balaban J connectivity index is 1.38. The highest BCUT2D eigenvalue weighted by Crippen LogP contribution is 2.27. The number of fused-ring (bicyclic) bond motifs is 1. The van der Waals surface area contributed by atoms with Crippen LogP contribution in [0, 0.1) is 0 Å². The highest BCUT2D eigenvalue weighted by molar-refractivity contribution is 5.90. The summed E-state index contributed by atoms with van der Waals surface area (Å²) in [6, 6.07) is 21.1. The lowest BCUT2D eigenvalue weighted by atomic mass is 9.98. The van der Waals surface area contributed by atoms with E-state index in [-0.39, 0.29) is 5.97 Å². The number of ether oxygens (including phenoxy) is 1. The fraction of sp³-hybridized carbons (Fsp3) is 0.367. The Morgan fingerprint density at radius 3 is 2.33 bits per heavy atom. The van der Waals surface area contributed by atoms with Gasteiger partial charge in [0, 0.05) is 12.1 Å². The second-order valence-corrected chi connectivity index (χ2v) is 9.21. The zero-order valence-corrected chi connectivity index (χ0v) is 19.8. The van der Waals surface area contributed by atoms with Gasteiger partial charge in [0.1, 0.15) is 5.75 Å². The number of benzene rings is 3. The van der Waals surface area contributed by atoms with Crippen molar-refractivity contribution < 1.29 is 9.53 Å². The van der Waals surface area contributed by atoms with Gasteiger partial charge in [-0.2, -0.15) is 0 Å². The summed E-state index contributed by atoms with van der Waals surface area (Å²) in [5.74, 6) is 0.217. The summed E-state index contributed by atoms with van der Waals surface area (Å²) in [7, 11) is 0. The van der Waals surface area contributed by atoms with E-state index in [1.165, 1.54) is 54.9 Å². The average molecular weight is 442 g/mol. The number of hydrogen-bond donors (Lipinski definition) is 0. The van der Waals surface area contributed by atoms with Crippen LogP contribution in [-0.4, -0.2) is 30.5 Å². The Hall–Kier alpha value is -2.91. The van der Waals surface area contributed by atoms with Gasteiger partial charge in [-0.15, -0.1) is 0 Å². The van der Waals surface area contributed by atoms with E-state index < -0.39 is 0 Å². The second kappa shape index (κ2) is 11.3. The molecule has 0 spiro atoms. The van der Waals surface area contributed by atoms with E-state index in [1.807, 2.05) is 24.3 Å². The molecule has 33 heavy (non-hydrogen) atoms. The van der Waals surface area contributed by atoms with Gasteiger partial charge >= 0.3 is 5.97 Å². The van der Waals surface area contributed by atoms with Crippen LogP contribution < -0.4 is 4.74 Å². The van der Waals surface area contributed by atoms with E-state index in [0.717, 1.165) is 30.6 Å². The molecule has 1 fully saturated rings. The standard InChI is InChI=1S/C30H35NO2/c1-3-4-6-9-24-10-11-28-21-27(13-12-26(28)20-24)25-14-16-29(17-15-25)33-30(32)23(2)22-31-18-7-5-8-19-31/h10-17,20-21H,2-9,18-19,22H2,1H3. The molecule has 0 radical (unpaired) electrons. The van der Waals surface area contributed by atoms with Crippen LogP contribution in [-0.2, 0) is 11.2 Å². The van der Waals surface area contributed by atoms with Gasteiger partial charge in [-0.05, 0) is 84.4 Å². The molecule has 3 aromatic rings. The molecule has 0 saturated carbocycles. The van der Waals surface area contributed by atoms with Crippen LogP contribution in [0.3, 0.4) is 0 Å². The smallest absolute Gasteiger partial charge is 0.340 e. The third kappa shape index (κ3) is 6.33. The van der Waals surface area contributed by atoms with Gasteiger partial charge in [0.15, 0.2) is 0 Å². The summed E-state index contributed by atoms with van der Waals surface area (Å²) in [5.41, 5.74) is 4.20. The van der Waals surface area contributed by atoms with E-state index in [1.54, 1.807) is 0 Å². The third-order valence-electron chi connectivity index (χ3n) is 6.52. The van der Waals surface area contributed by atoms with Crippen molar-refractivity contribution in [3.05, 3.63) is 78.4 Å². The highest BCUT2D eigenvalue weighted by Gasteiger charge is 2.16. The first kappa shape index (κ1) is 23.3. The molecule has 0 aromatic heterocycles. The molecular formula is C30H35NO2. The van der Waals surface area contributed by atoms with Crippen molar-refractivity contribution >= 4 is 16.7 Å². The number of likely N-dealkylation sites (tertiary alicyclic amines) is 1. The molecule has 1 aliphatic heterocycles. The predicted molar refractivity (Wildman–Crippen MR) is 138 cm³/mol. The summed E-state index contributed by atoms with van der Waals surface area (Å²) in [6.45, 7) is 8.85. The Morgan fingerprint density at radius 2 is 1.58 bits per heavy atom. The zero-order chi connectivity index (χ0) is 23.0. The third-order valence-corrected chi connectivity index (χ3v) is 6.52. The molecule has 172 valence electrons. The number of hydrogen-bond acceptors (Lipinski definition) is 3. The number of aryl methyl sites for hydroxylation is 1. The second-order valence-electron chi connectivity index (χ2n) is 9.21. The topological polar surface area (TPSA) is 29.5 Å². The van der Waals surface area contributed by atoms with Gasteiger partial charge in [0.2, 0.25) is 0 Å². The van der Waals surface area contributed by atoms with Gasteiger partial charge in [-0.25, -0.2) is 4.79 Å². The average Bonchev–Trinajstić information content (AvgIpc) is 2.85. The summed E-state index contributed by atoms with van der Waals surface area (Å²) in [4.78, 5) is 14.7. The van der Waals surface area contributed by atoms with Crippen molar-refractivity contribution in [3.63, 3.8) is 0 Å². The summed E-state index contributed by atoms with van der Waals surface area (Å²) in [5, 5.41) is 2.53. The lowest BCUT2D eigenvalue weighted by Crippen LogP contribution is -2.33. The maximum absolute atomic E-state index is 12.4. The SMILES string of the molecule is C=C(CN1CCCCC1)C(=O)Oc1ccc(-c2ccc3cc(CCCCC)ccc3c2)cc1. The Labute approximate surface area is 198 Å². The van der Waals surface area contributed by atoms with Crippen LogP contribution in [0.5, 0.6) is 5.75 Å². The minimum Gasteiger partial charge on any atom is -0.423 e. The minimum absolute atomic E-state index is 0.339. The Bertz CT molecular complexity index is 1090. The molecular weight excluding hydrogens is 406 g/mol. The van der Waals surface area contributed by atoms with Crippen LogP contribution in [0.2, 0.25) is 0 Å². The molecule has 3 heteroatoms. The maximum atomic E-state index is 12.4. The zero-order valence-electron chi connectivity index (χ0n) is 19.8. The first-order chi connectivity index (χ1) is 16.1. The Kier molecular flexibility index (Phi) is 7.96. The number of rotatable bonds is 9. The summed E-state index contributed by atoms with van der Waals surface area (Å²) >= 11 is 0. The van der Waals surface area contributed by atoms with Gasteiger partial charge < -0.3 is 4.74 Å². The first-order valence-corrected chi connectivity index (χ1v) is 12.4. The maximum Gasteiger partial charge on any atom is 0.340 e. The number of carbonyl (C=O) groups is 1. The molecule has 0 N–H and O–H groups in total. The Morgan fingerprint density at radius 1 is 0.879 bits per heavy atom. The number of unbranched alkanes of at least 4 members (excludes halogenated alkanes) is 2. The molecule has 0 atom stereocenters. The van der Waals surface area contributed by atoms with Crippen molar-refractivity contribution in [1.29, 1.82) is 0 Å². The van der Waals surface area contributed by atoms with Crippen LogP contribution >= 0.6 is 0 Å². The summed E-state index contributed by atoms with van der Waals surface area (Å²) < 4.78 is 5.57. The van der Waals surface area contributed by atoms with E-state index in [2.05, 4.69) is 54.8 Å². The van der Waals surface area contributed by atoms with Crippen LogP contribution in [0.1, 0.15) is 51.0 Å². The van der Waals surface area contributed by atoms with Crippen LogP contribution in [0.15, 0.2) is 72.8 Å². The molecule has 1 saturated heterocycles. The summed E-state index contributed by atoms with van der Waals surface area (Å²) in [6.07, 6.45) is 8.60. The minimum atomic E-state index is -0.339. The van der Waals surface area contributed by atoms with E-state index in [0.29, 0.717) is 17.9 Å². The molecule has 4 rings (SSSR count). The quantitative estimate of drug-likeness (QED) is 0.152. The lowest BCUT2D eigenvalue weighted by molar-refractivity contribution is -0.130. The molecule has 3 nitrogen and oxygen atoms in total. The van der Waals surface area contributed by atoms with Gasteiger partial charge in [0.05, 0.1) is 0 Å². The predicted octanol–water partition coefficient (Wildman–Crippen LogP) is 7.19. The number of nitrogens with zero attached hydrogens (tertiary/aromatic N) is 1. The van der Waals surface area contributed by atoms with E-state index in [9.17, 15) is 4.79 Å². The van der Waals surface area contributed by atoms with Crippen LogP contribution in [0.4, 0.5) is 0 Å². The fourth-order valence-electron chi connectivity index (χ4n) is 4.56. The van der Waals surface area contributed by atoms with E-state index >= 15 is 0 Å². The molecule has 1 aliphatic rings. The molecule has 0 unspecified atom stereocenters. The molecule has 0 aliphatic carbocycles. The number of carbonyl (C=O) groups excluding carboxylic acids is 1. The van der Waals surface area contributed by atoms with Crippen molar-refractivity contribution in [2.45, 2.75) is 51.9 Å². The first-order valence-electron chi connectivity index (χ1n) is 12.4. The van der Waals surface area contributed by atoms with Gasteiger partial charge in [-0.1, -0.05) is 75.2 Å². The van der Waals surface area contributed by atoms with E-state index in [4.69, 9.17) is 4.74 Å². The fourth-order valence-corrected chi connectivity index (χ4v) is 4.56. The van der Waals surface area contributed by atoms with Crippen molar-refractivity contribution in [1.82, 2.24) is 4.90 Å². The molecule has 0 bridgehead atoms. The van der Waals surface area contributed by atoms with Crippen molar-refractivity contribution in [2.75, 3.05) is 19.6 Å². The lowest BCUT2D eigenvalue weighted by Gasteiger charge is -2.26. The number of esters is 1. The van der Waals surface area contributed by atoms with Crippen molar-refractivity contribution in [3.8, 4) is 16.9 Å². The van der Waals surface area contributed by atoms with Gasteiger partial charge in [0.25, 0.3) is 0 Å². The van der Waals surface area contributed by atoms with Crippen molar-refractivity contribution in [2.24, 2.45) is 0 Å². The molecule has 0 amide bonds.